The Hall–Kier alpha value is -4.70. The van der Waals surface area contributed by atoms with Gasteiger partial charge in [0.2, 0.25) is 0 Å². The standard InChI is InChI=1S/C40H39N3O/c1-24(2)31-22-27(26-14-9-8-10-15-26)23-32(25(3)4)36(31)43-38(42-35-33(40(5,6)7)20-21-41-39(35)43)30-18-13-17-29-28-16-11-12-19-34(28)44-37(29)30/h8-25H,1-7H3. The Morgan fingerprint density at radius 1 is 0.705 bits per heavy atom. The van der Waals surface area contributed by atoms with Crippen molar-refractivity contribution in [2.75, 3.05) is 0 Å². The van der Waals surface area contributed by atoms with E-state index in [1.807, 2.05) is 18.3 Å². The Bertz CT molecular complexity index is 2130. The van der Waals surface area contributed by atoms with E-state index >= 15 is 0 Å². The highest BCUT2D eigenvalue weighted by Gasteiger charge is 2.28. The lowest BCUT2D eigenvalue weighted by atomic mass is 9.87. The Labute approximate surface area is 259 Å². The Kier molecular flexibility index (Phi) is 6.69. The molecule has 0 fully saturated rings. The molecular weight excluding hydrogens is 538 g/mol. The molecule has 220 valence electrons. The summed E-state index contributed by atoms with van der Waals surface area (Å²) in [5.74, 6) is 1.39. The minimum absolute atomic E-state index is 0.109. The van der Waals surface area contributed by atoms with Crippen LogP contribution in [-0.4, -0.2) is 14.5 Å². The summed E-state index contributed by atoms with van der Waals surface area (Å²) in [5.41, 5.74) is 11.7. The van der Waals surface area contributed by atoms with Crippen LogP contribution in [0.25, 0.3) is 61.3 Å². The minimum Gasteiger partial charge on any atom is -0.455 e. The van der Waals surface area contributed by atoms with Gasteiger partial charge in [0.05, 0.1) is 11.3 Å². The van der Waals surface area contributed by atoms with Crippen LogP contribution in [0.5, 0.6) is 0 Å². The van der Waals surface area contributed by atoms with Crippen molar-refractivity contribution >= 4 is 33.1 Å². The molecule has 0 saturated carbocycles. The molecular formula is C40H39N3O. The van der Waals surface area contributed by atoms with E-state index in [9.17, 15) is 0 Å². The Balaban J connectivity index is 1.64. The van der Waals surface area contributed by atoms with Crippen LogP contribution in [0.3, 0.4) is 0 Å². The van der Waals surface area contributed by atoms with Gasteiger partial charge < -0.3 is 4.42 Å². The van der Waals surface area contributed by atoms with E-state index in [1.165, 1.54) is 33.5 Å². The molecule has 0 N–H and O–H groups in total. The lowest BCUT2D eigenvalue weighted by Crippen LogP contribution is -2.12. The molecule has 0 aliphatic rings. The van der Waals surface area contributed by atoms with Crippen LogP contribution in [0.1, 0.15) is 77.0 Å². The first-order valence-corrected chi connectivity index (χ1v) is 15.7. The number of pyridine rings is 1. The molecule has 0 spiro atoms. The molecule has 0 aliphatic heterocycles. The quantitative estimate of drug-likeness (QED) is 0.204. The first-order valence-electron chi connectivity index (χ1n) is 15.7. The molecule has 4 aromatic carbocycles. The first-order chi connectivity index (χ1) is 21.1. The van der Waals surface area contributed by atoms with Crippen LogP contribution in [-0.2, 0) is 5.41 Å². The number of furan rings is 1. The summed E-state index contributed by atoms with van der Waals surface area (Å²) in [6.07, 6.45) is 1.94. The molecule has 0 atom stereocenters. The van der Waals surface area contributed by atoms with E-state index in [4.69, 9.17) is 14.4 Å². The van der Waals surface area contributed by atoms with Gasteiger partial charge in [0.15, 0.2) is 11.5 Å². The fourth-order valence-electron chi connectivity index (χ4n) is 6.51. The Morgan fingerprint density at radius 2 is 1.36 bits per heavy atom. The van der Waals surface area contributed by atoms with Crippen LogP contribution in [0.2, 0.25) is 0 Å². The SMILES string of the molecule is CC(C)c1cc(-c2ccccc2)cc(C(C)C)c1-n1c(-c2cccc3c2oc2ccccc23)nc2c(C(C)(C)C)ccnc21. The number of nitrogens with zero attached hydrogens (tertiary/aromatic N) is 3. The van der Waals surface area contributed by atoms with E-state index in [2.05, 4.69) is 132 Å². The maximum Gasteiger partial charge on any atom is 0.165 e. The third-order valence-corrected chi connectivity index (χ3v) is 8.74. The smallest absolute Gasteiger partial charge is 0.165 e. The highest BCUT2D eigenvalue weighted by atomic mass is 16.3. The maximum atomic E-state index is 6.58. The van der Waals surface area contributed by atoms with Crippen LogP contribution in [0.15, 0.2) is 102 Å². The third-order valence-electron chi connectivity index (χ3n) is 8.74. The summed E-state index contributed by atoms with van der Waals surface area (Å²) >= 11 is 0. The van der Waals surface area contributed by atoms with Crippen molar-refractivity contribution in [2.24, 2.45) is 0 Å². The number of rotatable bonds is 5. The van der Waals surface area contributed by atoms with Crippen molar-refractivity contribution in [2.45, 2.75) is 65.7 Å². The minimum atomic E-state index is -0.109. The summed E-state index contributed by atoms with van der Waals surface area (Å²) in [7, 11) is 0. The molecule has 4 heteroatoms. The van der Waals surface area contributed by atoms with Crippen molar-refractivity contribution in [1.29, 1.82) is 0 Å². The van der Waals surface area contributed by atoms with Crippen LogP contribution in [0.4, 0.5) is 0 Å². The van der Waals surface area contributed by atoms with Gasteiger partial charge in [0, 0.05) is 17.0 Å². The van der Waals surface area contributed by atoms with E-state index < -0.39 is 0 Å². The van der Waals surface area contributed by atoms with E-state index in [-0.39, 0.29) is 17.3 Å². The van der Waals surface area contributed by atoms with Gasteiger partial charge in [-0.2, -0.15) is 0 Å². The summed E-state index contributed by atoms with van der Waals surface area (Å²) in [6, 6.07) is 32.2. The zero-order chi connectivity index (χ0) is 30.7. The predicted octanol–water partition coefficient (Wildman–Crippen LogP) is 11.2. The third kappa shape index (κ3) is 4.52. The van der Waals surface area contributed by atoms with Gasteiger partial charge in [-0.1, -0.05) is 109 Å². The van der Waals surface area contributed by atoms with Gasteiger partial charge in [-0.25, -0.2) is 9.97 Å². The molecule has 4 nitrogen and oxygen atoms in total. The molecule has 0 amide bonds. The second kappa shape index (κ2) is 10.5. The van der Waals surface area contributed by atoms with Gasteiger partial charge >= 0.3 is 0 Å². The van der Waals surface area contributed by atoms with Gasteiger partial charge in [-0.3, -0.25) is 4.57 Å². The fraction of sp³-hybridized carbons (Fsp3) is 0.250. The monoisotopic (exact) mass is 577 g/mol. The molecule has 0 bridgehead atoms. The molecule has 0 aliphatic carbocycles. The van der Waals surface area contributed by atoms with E-state index in [0.717, 1.165) is 44.5 Å². The lowest BCUT2D eigenvalue weighted by Gasteiger charge is -2.24. The number of hydrogen-bond acceptors (Lipinski definition) is 3. The van der Waals surface area contributed by atoms with Crippen molar-refractivity contribution in [3.8, 4) is 28.2 Å². The zero-order valence-corrected chi connectivity index (χ0v) is 26.6. The summed E-state index contributed by atoms with van der Waals surface area (Å²) in [5, 5.41) is 2.20. The second-order valence-corrected chi connectivity index (χ2v) is 13.5. The number of benzene rings is 4. The maximum absolute atomic E-state index is 6.58. The highest BCUT2D eigenvalue weighted by Crippen LogP contribution is 2.43. The van der Waals surface area contributed by atoms with Gasteiger partial charge in [0.25, 0.3) is 0 Å². The molecule has 7 aromatic rings. The largest absolute Gasteiger partial charge is 0.455 e. The van der Waals surface area contributed by atoms with Gasteiger partial charge in [0.1, 0.15) is 16.7 Å². The number of fused-ring (bicyclic) bond motifs is 4. The second-order valence-electron chi connectivity index (χ2n) is 13.5. The predicted molar refractivity (Wildman–Crippen MR) is 184 cm³/mol. The molecule has 3 aromatic heterocycles. The number of imidazole rings is 1. The van der Waals surface area contributed by atoms with Crippen LogP contribution in [0, 0.1) is 0 Å². The summed E-state index contributed by atoms with van der Waals surface area (Å²) in [4.78, 5) is 10.5. The van der Waals surface area contributed by atoms with Crippen molar-refractivity contribution in [1.82, 2.24) is 14.5 Å². The molecule has 0 radical (unpaired) electrons. The molecule has 0 saturated heterocycles. The van der Waals surface area contributed by atoms with Crippen molar-refractivity contribution in [3.05, 3.63) is 114 Å². The van der Waals surface area contributed by atoms with Crippen LogP contribution < -0.4 is 0 Å². The molecule has 3 heterocycles. The summed E-state index contributed by atoms with van der Waals surface area (Å²) < 4.78 is 8.91. The zero-order valence-electron chi connectivity index (χ0n) is 26.6. The molecule has 7 rings (SSSR count). The number of para-hydroxylation sites is 2. The highest BCUT2D eigenvalue weighted by molar-refractivity contribution is 6.09. The van der Waals surface area contributed by atoms with Crippen LogP contribution >= 0.6 is 0 Å². The van der Waals surface area contributed by atoms with Crippen molar-refractivity contribution < 1.29 is 4.42 Å². The molecule has 0 unspecified atom stereocenters. The number of hydrogen-bond donors (Lipinski definition) is 0. The fourth-order valence-corrected chi connectivity index (χ4v) is 6.51. The molecule has 44 heavy (non-hydrogen) atoms. The normalized spacial score (nSPS) is 12.4. The number of aromatic nitrogens is 3. The topological polar surface area (TPSA) is 43.9 Å². The van der Waals surface area contributed by atoms with Gasteiger partial charge in [-0.05, 0) is 75.4 Å². The first kappa shape index (κ1) is 28.1. The van der Waals surface area contributed by atoms with Crippen molar-refractivity contribution in [3.63, 3.8) is 0 Å². The summed E-state index contributed by atoms with van der Waals surface area (Å²) in [6.45, 7) is 15.9. The average molecular weight is 578 g/mol. The average Bonchev–Trinajstić information content (AvgIpc) is 3.59. The Morgan fingerprint density at radius 3 is 2.05 bits per heavy atom. The van der Waals surface area contributed by atoms with Gasteiger partial charge in [-0.15, -0.1) is 0 Å². The van der Waals surface area contributed by atoms with E-state index in [0.29, 0.717) is 0 Å². The van der Waals surface area contributed by atoms with E-state index in [1.54, 1.807) is 0 Å². The lowest BCUT2D eigenvalue weighted by molar-refractivity contribution is 0.594.